The molecule has 3 rings (SSSR count). The number of likely N-dealkylation sites (tertiary alicyclic amines) is 1. The van der Waals surface area contributed by atoms with Gasteiger partial charge in [-0.3, -0.25) is 9.59 Å². The predicted molar refractivity (Wildman–Crippen MR) is 124 cm³/mol. The van der Waals surface area contributed by atoms with Gasteiger partial charge in [-0.1, -0.05) is 24.3 Å². The minimum atomic E-state index is -0.687. The second-order valence-corrected chi connectivity index (χ2v) is 8.41. The predicted octanol–water partition coefficient (Wildman–Crippen LogP) is 4.47. The van der Waals surface area contributed by atoms with Crippen molar-refractivity contribution in [3.05, 3.63) is 69.8 Å². The van der Waals surface area contributed by atoms with Crippen LogP contribution >= 0.6 is 0 Å². The number of aryl methyl sites for hydroxylation is 3. The van der Waals surface area contributed by atoms with E-state index < -0.39 is 17.7 Å². The van der Waals surface area contributed by atoms with Crippen molar-refractivity contribution in [3.63, 3.8) is 0 Å². The first-order valence-electron chi connectivity index (χ1n) is 10.8. The molecule has 1 aliphatic heterocycles. The van der Waals surface area contributed by atoms with Crippen molar-refractivity contribution < 1.29 is 24.2 Å². The summed E-state index contributed by atoms with van der Waals surface area (Å²) in [7, 11) is 1.59. The van der Waals surface area contributed by atoms with Crippen molar-refractivity contribution in [2.45, 2.75) is 46.8 Å². The molecule has 1 saturated heterocycles. The van der Waals surface area contributed by atoms with Crippen LogP contribution < -0.4 is 4.74 Å². The number of carbonyl (C=O) groups excluding carboxylic acids is 2. The summed E-state index contributed by atoms with van der Waals surface area (Å²) >= 11 is 0. The third-order valence-corrected chi connectivity index (χ3v) is 5.80. The van der Waals surface area contributed by atoms with Gasteiger partial charge in [0.15, 0.2) is 0 Å². The lowest BCUT2D eigenvalue weighted by Crippen LogP contribution is -2.33. The highest BCUT2D eigenvalue weighted by molar-refractivity contribution is 6.46. The van der Waals surface area contributed by atoms with Crippen LogP contribution in [0.1, 0.15) is 47.7 Å². The van der Waals surface area contributed by atoms with Crippen LogP contribution in [-0.2, 0) is 14.3 Å². The Hall–Kier alpha value is -3.12. The number of carbonyl (C=O) groups is 2. The number of nitrogens with zero attached hydrogens (tertiary/aromatic N) is 1. The van der Waals surface area contributed by atoms with Gasteiger partial charge in [0, 0.05) is 12.1 Å². The molecule has 0 aliphatic carbocycles. The maximum absolute atomic E-state index is 13.2. The molecule has 6 nitrogen and oxygen atoms in total. The van der Waals surface area contributed by atoms with Gasteiger partial charge in [0.1, 0.15) is 11.5 Å². The zero-order chi connectivity index (χ0) is 23.6. The number of benzene rings is 2. The number of amides is 1. The molecule has 1 amide bonds. The maximum Gasteiger partial charge on any atom is 0.295 e. The Labute approximate surface area is 189 Å². The van der Waals surface area contributed by atoms with E-state index in [0.717, 1.165) is 22.3 Å². The average Bonchev–Trinajstić information content (AvgIpc) is 2.99. The van der Waals surface area contributed by atoms with E-state index in [4.69, 9.17) is 9.47 Å². The Bertz CT molecular complexity index is 1070. The van der Waals surface area contributed by atoms with Gasteiger partial charge < -0.3 is 19.5 Å². The number of hydrogen-bond donors (Lipinski definition) is 1. The smallest absolute Gasteiger partial charge is 0.295 e. The first-order chi connectivity index (χ1) is 15.2. The lowest BCUT2D eigenvalue weighted by atomic mass is 9.91. The fraction of sp³-hybridized carbons (Fsp3) is 0.385. The molecule has 0 saturated carbocycles. The van der Waals surface area contributed by atoms with Crippen LogP contribution in [0.5, 0.6) is 5.75 Å². The van der Waals surface area contributed by atoms with E-state index in [2.05, 4.69) is 0 Å². The number of Topliss-reactive ketones (excluding diaryl/α,β-unsaturated/α-hetero) is 1. The van der Waals surface area contributed by atoms with Crippen LogP contribution in [-0.4, -0.2) is 48.1 Å². The molecule has 6 heteroatoms. The second-order valence-electron chi connectivity index (χ2n) is 8.41. The fourth-order valence-electron chi connectivity index (χ4n) is 4.12. The minimum Gasteiger partial charge on any atom is -0.507 e. The Morgan fingerprint density at radius 3 is 2.38 bits per heavy atom. The van der Waals surface area contributed by atoms with Crippen molar-refractivity contribution >= 4 is 17.4 Å². The van der Waals surface area contributed by atoms with Gasteiger partial charge in [-0.15, -0.1) is 0 Å². The Morgan fingerprint density at radius 1 is 1.06 bits per heavy atom. The normalized spacial score (nSPS) is 18.0. The molecule has 1 N–H and O–H groups in total. The quantitative estimate of drug-likeness (QED) is 0.393. The first kappa shape index (κ1) is 23.5. The topological polar surface area (TPSA) is 76.1 Å². The van der Waals surface area contributed by atoms with Gasteiger partial charge in [0.2, 0.25) is 0 Å². The Kier molecular flexibility index (Phi) is 7.04. The number of ketones is 1. The van der Waals surface area contributed by atoms with Gasteiger partial charge in [0.05, 0.1) is 31.4 Å². The number of hydrogen-bond acceptors (Lipinski definition) is 5. The summed E-state index contributed by atoms with van der Waals surface area (Å²) < 4.78 is 11.0. The average molecular weight is 438 g/mol. The maximum atomic E-state index is 13.2. The molecular weight excluding hydrogens is 406 g/mol. The monoisotopic (exact) mass is 437 g/mol. The third-order valence-electron chi connectivity index (χ3n) is 5.80. The molecule has 2 aromatic carbocycles. The van der Waals surface area contributed by atoms with Crippen molar-refractivity contribution in [1.29, 1.82) is 0 Å². The van der Waals surface area contributed by atoms with E-state index in [1.165, 1.54) is 4.90 Å². The lowest BCUT2D eigenvalue weighted by molar-refractivity contribution is -0.140. The zero-order valence-corrected chi connectivity index (χ0v) is 19.6. The van der Waals surface area contributed by atoms with Crippen LogP contribution in [0.4, 0.5) is 0 Å². The highest BCUT2D eigenvalue weighted by atomic mass is 16.5. The highest BCUT2D eigenvalue weighted by Crippen LogP contribution is 2.41. The van der Waals surface area contributed by atoms with Gasteiger partial charge in [-0.25, -0.2) is 0 Å². The largest absolute Gasteiger partial charge is 0.507 e. The molecule has 2 aromatic rings. The Morgan fingerprint density at radius 2 is 1.75 bits per heavy atom. The molecule has 1 unspecified atom stereocenters. The van der Waals surface area contributed by atoms with E-state index in [-0.39, 0.29) is 24.0 Å². The van der Waals surface area contributed by atoms with E-state index in [9.17, 15) is 14.7 Å². The number of rotatable bonds is 7. The highest BCUT2D eigenvalue weighted by Gasteiger charge is 2.46. The van der Waals surface area contributed by atoms with Gasteiger partial charge in [0.25, 0.3) is 11.7 Å². The molecule has 32 heavy (non-hydrogen) atoms. The van der Waals surface area contributed by atoms with Gasteiger partial charge >= 0.3 is 0 Å². The first-order valence-corrected chi connectivity index (χ1v) is 10.8. The summed E-state index contributed by atoms with van der Waals surface area (Å²) in [4.78, 5) is 27.7. The zero-order valence-electron chi connectivity index (χ0n) is 19.6. The summed E-state index contributed by atoms with van der Waals surface area (Å²) in [5.41, 5.74) is 3.93. The van der Waals surface area contributed by atoms with Crippen LogP contribution in [0.15, 0.2) is 42.0 Å². The van der Waals surface area contributed by atoms with Crippen LogP contribution in [0.3, 0.4) is 0 Å². The molecule has 1 heterocycles. The van der Waals surface area contributed by atoms with Crippen molar-refractivity contribution in [2.75, 3.05) is 20.3 Å². The number of methoxy groups -OCH3 is 1. The summed E-state index contributed by atoms with van der Waals surface area (Å²) in [5.74, 6) is -0.795. The number of ether oxygens (including phenoxy) is 2. The molecule has 1 atom stereocenters. The summed E-state index contributed by atoms with van der Waals surface area (Å²) in [6, 6.07) is 10.5. The van der Waals surface area contributed by atoms with Crippen molar-refractivity contribution in [1.82, 2.24) is 4.90 Å². The number of aliphatic hydroxyl groups excluding tert-OH is 1. The minimum absolute atomic E-state index is 0.00802. The fourth-order valence-corrected chi connectivity index (χ4v) is 4.12. The SMILES string of the molecule is COc1cc(C)c(/C(O)=C2\C(=O)C(=O)N(CCOC(C)C)C2c2ccccc2C)cc1C. The van der Waals surface area contributed by atoms with E-state index in [1.807, 2.05) is 65.0 Å². The molecule has 1 aliphatic rings. The molecule has 0 bridgehead atoms. The van der Waals surface area contributed by atoms with E-state index in [0.29, 0.717) is 17.9 Å². The molecule has 1 fully saturated rings. The molecular formula is C26H31NO5. The summed E-state index contributed by atoms with van der Waals surface area (Å²) in [5, 5.41) is 11.3. The third kappa shape index (κ3) is 4.41. The Balaban J connectivity index is 2.18. The van der Waals surface area contributed by atoms with Gasteiger partial charge in [-0.2, -0.15) is 0 Å². The standard InChI is InChI=1S/C26H31NO5/c1-15(2)32-12-11-27-23(19-10-8-7-9-16(19)3)22(25(29)26(27)30)24(28)20-13-18(5)21(31-6)14-17(20)4/h7-10,13-15,23,28H,11-12H2,1-6H3/b24-22+. The van der Waals surface area contributed by atoms with Crippen molar-refractivity contribution in [2.24, 2.45) is 0 Å². The molecule has 0 radical (unpaired) electrons. The molecule has 170 valence electrons. The number of aliphatic hydroxyl groups is 1. The van der Waals surface area contributed by atoms with E-state index in [1.54, 1.807) is 13.2 Å². The van der Waals surface area contributed by atoms with E-state index >= 15 is 0 Å². The van der Waals surface area contributed by atoms with Crippen molar-refractivity contribution in [3.8, 4) is 5.75 Å². The molecule has 0 spiro atoms. The van der Waals surface area contributed by atoms with Gasteiger partial charge in [-0.05, 0) is 69.0 Å². The van der Waals surface area contributed by atoms with Crippen LogP contribution in [0, 0.1) is 20.8 Å². The van der Waals surface area contributed by atoms with Crippen LogP contribution in [0.2, 0.25) is 0 Å². The van der Waals surface area contributed by atoms with Crippen LogP contribution in [0.25, 0.3) is 5.76 Å². The summed E-state index contributed by atoms with van der Waals surface area (Å²) in [6.45, 7) is 10.0. The molecule has 0 aromatic heterocycles. The summed E-state index contributed by atoms with van der Waals surface area (Å²) in [6.07, 6.45) is 0.00802. The lowest BCUT2D eigenvalue weighted by Gasteiger charge is -2.27. The second kappa shape index (κ2) is 9.57.